The molecule has 0 spiro atoms. The van der Waals surface area contributed by atoms with Crippen molar-refractivity contribution in [3.8, 4) is 6.07 Å². The summed E-state index contributed by atoms with van der Waals surface area (Å²) in [5.74, 6) is 0. The van der Waals surface area contributed by atoms with Gasteiger partial charge in [-0.2, -0.15) is 18.4 Å². The Morgan fingerprint density at radius 1 is 1.41 bits per heavy atom. The minimum absolute atomic E-state index is 0.215. The molecule has 0 unspecified atom stereocenters. The molecule has 2 nitrogen and oxygen atoms in total. The number of aryl methyl sites for hydroxylation is 1. The fraction of sp³-hybridized carbons (Fsp3) is 0.400. The fourth-order valence-corrected chi connectivity index (χ4v) is 1.40. The first-order valence-corrected chi connectivity index (χ1v) is 4.50. The number of nitrogens with zero attached hydrogens (tertiary/aromatic N) is 2. The van der Waals surface area contributed by atoms with E-state index in [1.54, 1.807) is 0 Å². The normalized spacial score (nSPS) is 11.6. The van der Waals surface area contributed by atoms with Crippen LogP contribution in [0, 0.1) is 18.3 Å². The Balaban J connectivity index is 3.42. The van der Waals surface area contributed by atoms with Crippen molar-refractivity contribution in [3.63, 3.8) is 0 Å². The van der Waals surface area contributed by atoms with Gasteiger partial charge in [0.1, 0.15) is 5.69 Å². The van der Waals surface area contributed by atoms with Crippen molar-refractivity contribution >= 4 is 0 Å². The van der Waals surface area contributed by atoms with Crippen LogP contribution in [-0.4, -0.2) is 4.98 Å². The number of nitriles is 1. The molecule has 7 heteroatoms. The summed E-state index contributed by atoms with van der Waals surface area (Å²) in [6.45, 7) is 1.14. The van der Waals surface area contributed by atoms with E-state index in [0.717, 1.165) is 6.92 Å². The SMILES string of the molecule is Cc1cc(C(F)(F)F)nc(CC#N)c1C(F)F. The maximum Gasteiger partial charge on any atom is 0.433 e. The molecule has 1 rings (SSSR count). The van der Waals surface area contributed by atoms with Gasteiger partial charge in [0, 0.05) is 5.56 Å². The molecule has 1 aromatic heterocycles. The summed E-state index contributed by atoms with van der Waals surface area (Å²) in [5.41, 5.74) is -2.59. The Bertz CT molecular complexity index is 459. The Morgan fingerprint density at radius 3 is 2.41 bits per heavy atom. The van der Waals surface area contributed by atoms with Crippen LogP contribution in [0.4, 0.5) is 22.0 Å². The molecular formula is C10H7F5N2. The van der Waals surface area contributed by atoms with Crippen molar-refractivity contribution in [2.24, 2.45) is 0 Å². The van der Waals surface area contributed by atoms with E-state index in [0.29, 0.717) is 6.07 Å². The van der Waals surface area contributed by atoms with E-state index in [1.165, 1.54) is 6.07 Å². The molecule has 0 atom stereocenters. The predicted octanol–water partition coefficient (Wildman–Crippen LogP) is 3.41. The quantitative estimate of drug-likeness (QED) is 0.754. The lowest BCUT2D eigenvalue weighted by Crippen LogP contribution is -2.12. The van der Waals surface area contributed by atoms with Crippen LogP contribution >= 0.6 is 0 Å². The summed E-state index contributed by atoms with van der Waals surface area (Å²) < 4.78 is 62.4. The van der Waals surface area contributed by atoms with Gasteiger partial charge in [-0.05, 0) is 18.6 Å². The molecule has 0 aliphatic carbocycles. The smallest absolute Gasteiger partial charge is 0.247 e. The minimum Gasteiger partial charge on any atom is -0.247 e. The number of alkyl halides is 5. The monoisotopic (exact) mass is 250 g/mol. The van der Waals surface area contributed by atoms with Crippen molar-refractivity contribution in [1.29, 1.82) is 5.26 Å². The fourth-order valence-electron chi connectivity index (χ4n) is 1.40. The van der Waals surface area contributed by atoms with E-state index < -0.39 is 36.0 Å². The highest BCUT2D eigenvalue weighted by Crippen LogP contribution is 2.33. The van der Waals surface area contributed by atoms with Crippen molar-refractivity contribution in [2.45, 2.75) is 25.9 Å². The molecule has 0 radical (unpaired) electrons. The first kappa shape index (κ1) is 13.4. The van der Waals surface area contributed by atoms with Crippen LogP contribution < -0.4 is 0 Å². The molecule has 0 aliphatic heterocycles. The summed E-state index contributed by atoms with van der Waals surface area (Å²) in [5, 5.41) is 8.39. The van der Waals surface area contributed by atoms with Crippen LogP contribution in [-0.2, 0) is 12.6 Å². The van der Waals surface area contributed by atoms with Gasteiger partial charge >= 0.3 is 6.18 Å². The van der Waals surface area contributed by atoms with Crippen LogP contribution in [0.3, 0.4) is 0 Å². The molecule has 0 amide bonds. The summed E-state index contributed by atoms with van der Waals surface area (Å²) in [7, 11) is 0. The highest BCUT2D eigenvalue weighted by Gasteiger charge is 2.34. The Hall–Kier alpha value is -1.71. The zero-order valence-electron chi connectivity index (χ0n) is 8.65. The van der Waals surface area contributed by atoms with Crippen LogP contribution in [0.1, 0.15) is 28.9 Å². The molecule has 0 saturated heterocycles. The molecule has 0 bridgehead atoms. The second-order valence-corrected chi connectivity index (χ2v) is 3.32. The summed E-state index contributed by atoms with van der Waals surface area (Å²) in [6, 6.07) is 2.08. The largest absolute Gasteiger partial charge is 0.433 e. The van der Waals surface area contributed by atoms with Crippen LogP contribution in [0.2, 0.25) is 0 Å². The van der Waals surface area contributed by atoms with Crippen molar-refractivity contribution in [2.75, 3.05) is 0 Å². The molecule has 17 heavy (non-hydrogen) atoms. The maximum atomic E-state index is 12.6. The molecule has 92 valence electrons. The van der Waals surface area contributed by atoms with E-state index in [-0.39, 0.29) is 5.56 Å². The molecule has 0 N–H and O–H groups in total. The minimum atomic E-state index is -4.71. The molecule has 0 saturated carbocycles. The van der Waals surface area contributed by atoms with Gasteiger partial charge in [0.05, 0.1) is 18.2 Å². The number of aromatic nitrogens is 1. The average Bonchev–Trinajstić information content (AvgIpc) is 2.15. The van der Waals surface area contributed by atoms with Gasteiger partial charge in [-0.25, -0.2) is 13.8 Å². The second kappa shape index (κ2) is 4.65. The van der Waals surface area contributed by atoms with Crippen LogP contribution in [0.15, 0.2) is 6.07 Å². The standard InChI is InChI=1S/C10H7F5N2/c1-5-4-7(10(13,14)15)17-6(2-3-16)8(5)9(11)12/h4,9H,2H2,1H3. The van der Waals surface area contributed by atoms with E-state index in [4.69, 9.17) is 5.26 Å². The first-order chi connectivity index (χ1) is 7.77. The number of hydrogen-bond donors (Lipinski definition) is 0. The molecule has 0 aromatic carbocycles. The highest BCUT2D eigenvalue weighted by molar-refractivity contribution is 5.35. The van der Waals surface area contributed by atoms with E-state index >= 15 is 0 Å². The molecule has 1 heterocycles. The van der Waals surface area contributed by atoms with Gasteiger partial charge in [-0.1, -0.05) is 0 Å². The maximum absolute atomic E-state index is 12.6. The Kier molecular flexibility index (Phi) is 3.66. The number of pyridine rings is 1. The summed E-state index contributed by atoms with van der Waals surface area (Å²) in [6.07, 6.45) is -8.24. The molecular weight excluding hydrogens is 243 g/mol. The second-order valence-electron chi connectivity index (χ2n) is 3.32. The summed E-state index contributed by atoms with van der Waals surface area (Å²) >= 11 is 0. The third kappa shape index (κ3) is 2.90. The third-order valence-electron chi connectivity index (χ3n) is 2.10. The molecule has 1 aromatic rings. The Labute approximate surface area is 93.7 Å². The van der Waals surface area contributed by atoms with Gasteiger partial charge in [0.15, 0.2) is 0 Å². The van der Waals surface area contributed by atoms with Gasteiger partial charge < -0.3 is 0 Å². The van der Waals surface area contributed by atoms with Gasteiger partial charge in [-0.3, -0.25) is 0 Å². The zero-order chi connectivity index (χ0) is 13.2. The summed E-state index contributed by atoms with van der Waals surface area (Å²) in [4.78, 5) is 3.09. The first-order valence-electron chi connectivity index (χ1n) is 4.50. The average molecular weight is 250 g/mol. The van der Waals surface area contributed by atoms with Crippen molar-refractivity contribution in [3.05, 3.63) is 28.6 Å². The van der Waals surface area contributed by atoms with Crippen LogP contribution in [0.25, 0.3) is 0 Å². The van der Waals surface area contributed by atoms with E-state index in [9.17, 15) is 22.0 Å². The van der Waals surface area contributed by atoms with Crippen molar-refractivity contribution < 1.29 is 22.0 Å². The number of rotatable bonds is 2. The van der Waals surface area contributed by atoms with Gasteiger partial charge in [0.2, 0.25) is 0 Å². The lowest BCUT2D eigenvalue weighted by atomic mass is 10.0. The number of hydrogen-bond acceptors (Lipinski definition) is 2. The lowest BCUT2D eigenvalue weighted by molar-refractivity contribution is -0.141. The highest BCUT2D eigenvalue weighted by atomic mass is 19.4. The zero-order valence-corrected chi connectivity index (χ0v) is 8.65. The third-order valence-corrected chi connectivity index (χ3v) is 2.10. The lowest BCUT2D eigenvalue weighted by Gasteiger charge is -2.13. The van der Waals surface area contributed by atoms with Crippen molar-refractivity contribution in [1.82, 2.24) is 4.98 Å². The topological polar surface area (TPSA) is 36.7 Å². The molecule has 0 aliphatic rings. The van der Waals surface area contributed by atoms with Gasteiger partial charge in [0.25, 0.3) is 6.43 Å². The molecule has 0 fully saturated rings. The predicted molar refractivity (Wildman–Crippen MR) is 48.3 cm³/mol. The van der Waals surface area contributed by atoms with Gasteiger partial charge in [-0.15, -0.1) is 0 Å². The number of halogens is 5. The Morgan fingerprint density at radius 2 is 2.00 bits per heavy atom. The van der Waals surface area contributed by atoms with E-state index in [1.807, 2.05) is 0 Å². The van der Waals surface area contributed by atoms with E-state index in [2.05, 4.69) is 4.98 Å². The van der Waals surface area contributed by atoms with Crippen LogP contribution in [0.5, 0.6) is 0 Å².